The second-order valence-electron chi connectivity index (χ2n) is 8.08. The Morgan fingerprint density at radius 3 is 2.52 bits per heavy atom. The Bertz CT molecular complexity index is 1240. The number of aryl methyl sites for hydroxylation is 3. The van der Waals surface area contributed by atoms with Crippen LogP contribution < -0.4 is 5.32 Å². The lowest BCUT2D eigenvalue weighted by molar-refractivity contribution is -0.120. The zero-order valence-corrected chi connectivity index (χ0v) is 18.1. The number of nitrogens with one attached hydrogen (secondary N) is 1. The molecular weight excluding hydrogens is 386 g/mol. The van der Waals surface area contributed by atoms with Crippen molar-refractivity contribution in [2.45, 2.75) is 33.6 Å². The number of aromatic nitrogens is 2. The van der Waals surface area contributed by atoms with Gasteiger partial charge in [0.05, 0.1) is 17.8 Å². The van der Waals surface area contributed by atoms with Gasteiger partial charge in [-0.05, 0) is 79.8 Å². The van der Waals surface area contributed by atoms with Crippen molar-refractivity contribution in [2.24, 2.45) is 0 Å². The summed E-state index contributed by atoms with van der Waals surface area (Å²) in [5.41, 5.74) is 8.25. The molecule has 2 aromatic heterocycles. The summed E-state index contributed by atoms with van der Waals surface area (Å²) in [5.74, 6) is 0.209. The van der Waals surface area contributed by atoms with Crippen LogP contribution in [-0.4, -0.2) is 26.9 Å². The van der Waals surface area contributed by atoms with Gasteiger partial charge >= 0.3 is 0 Å². The Morgan fingerprint density at radius 1 is 1.00 bits per heavy atom. The molecule has 4 rings (SSSR count). The first kappa shape index (κ1) is 20.7. The molecule has 0 unspecified atom stereocenters. The molecule has 0 saturated carbocycles. The molecule has 158 valence electrons. The monoisotopic (exact) mass is 413 g/mol. The summed E-state index contributed by atoms with van der Waals surface area (Å²) in [5, 5.41) is 12.4. The molecule has 0 spiro atoms. The highest BCUT2D eigenvalue weighted by molar-refractivity contribution is 5.81. The average molecular weight is 414 g/mol. The van der Waals surface area contributed by atoms with Gasteiger partial charge in [0, 0.05) is 18.3 Å². The molecule has 5 heteroatoms. The molecule has 0 radical (unpaired) electrons. The molecule has 0 saturated heterocycles. The van der Waals surface area contributed by atoms with Gasteiger partial charge in [-0.15, -0.1) is 0 Å². The second kappa shape index (κ2) is 8.64. The van der Waals surface area contributed by atoms with Gasteiger partial charge < -0.3 is 14.8 Å². The Hall–Kier alpha value is -3.60. The maximum absolute atomic E-state index is 12.8. The third-order valence-electron chi connectivity index (χ3n) is 5.66. The number of pyridine rings is 1. The quantitative estimate of drug-likeness (QED) is 0.488. The van der Waals surface area contributed by atoms with Gasteiger partial charge in [0.25, 0.3) is 0 Å². The van der Waals surface area contributed by atoms with Crippen LogP contribution in [0.1, 0.15) is 27.9 Å². The predicted molar refractivity (Wildman–Crippen MR) is 123 cm³/mol. The van der Waals surface area contributed by atoms with Crippen LogP contribution in [0.3, 0.4) is 0 Å². The standard InChI is InChI=1S/C26H27N3O2/c1-17-11-13-29-23(16-25(31)27-12-10-20-5-8-22(30)9-6-20)26(28-24(29)14-17)21-7-4-18(2)19(3)15-21/h4-9,11,13-15,30H,10,12,16H2,1-3H3,(H,27,31). The highest BCUT2D eigenvalue weighted by atomic mass is 16.3. The number of hydrogen-bond donors (Lipinski definition) is 2. The number of nitrogens with zero attached hydrogens (tertiary/aromatic N) is 2. The zero-order valence-electron chi connectivity index (χ0n) is 18.1. The molecule has 2 aromatic carbocycles. The molecule has 4 aromatic rings. The molecule has 0 atom stereocenters. The van der Waals surface area contributed by atoms with Crippen LogP contribution in [0.5, 0.6) is 5.75 Å². The van der Waals surface area contributed by atoms with E-state index in [2.05, 4.69) is 37.4 Å². The van der Waals surface area contributed by atoms with E-state index in [1.165, 1.54) is 11.1 Å². The van der Waals surface area contributed by atoms with Crippen molar-refractivity contribution >= 4 is 11.6 Å². The van der Waals surface area contributed by atoms with E-state index in [1.807, 2.05) is 41.8 Å². The highest BCUT2D eigenvalue weighted by Gasteiger charge is 2.17. The number of hydrogen-bond acceptors (Lipinski definition) is 3. The molecule has 0 aliphatic carbocycles. The van der Waals surface area contributed by atoms with E-state index in [1.54, 1.807) is 12.1 Å². The van der Waals surface area contributed by atoms with Crippen molar-refractivity contribution in [3.05, 3.63) is 88.7 Å². The first-order valence-corrected chi connectivity index (χ1v) is 10.5. The van der Waals surface area contributed by atoms with E-state index in [-0.39, 0.29) is 18.1 Å². The van der Waals surface area contributed by atoms with Crippen molar-refractivity contribution in [2.75, 3.05) is 6.54 Å². The van der Waals surface area contributed by atoms with Gasteiger partial charge in [0.15, 0.2) is 0 Å². The minimum Gasteiger partial charge on any atom is -0.508 e. The Morgan fingerprint density at radius 2 is 1.77 bits per heavy atom. The average Bonchev–Trinajstić information content (AvgIpc) is 3.08. The van der Waals surface area contributed by atoms with Crippen molar-refractivity contribution in [1.82, 2.24) is 14.7 Å². The van der Waals surface area contributed by atoms with Crippen LogP contribution in [0.25, 0.3) is 16.9 Å². The van der Waals surface area contributed by atoms with E-state index in [9.17, 15) is 9.90 Å². The molecule has 0 aliphatic rings. The van der Waals surface area contributed by atoms with E-state index < -0.39 is 0 Å². The zero-order chi connectivity index (χ0) is 22.0. The molecule has 31 heavy (non-hydrogen) atoms. The predicted octanol–water partition coefficient (Wildman–Crippen LogP) is 4.53. The first-order chi connectivity index (χ1) is 14.9. The molecule has 1 amide bonds. The SMILES string of the molecule is Cc1ccn2c(CC(=O)NCCc3ccc(O)cc3)c(-c3ccc(C)c(C)c3)nc2c1. The molecule has 0 bridgehead atoms. The molecular formula is C26H27N3O2. The van der Waals surface area contributed by atoms with E-state index in [4.69, 9.17) is 4.98 Å². The normalized spacial score (nSPS) is 11.1. The third kappa shape index (κ3) is 4.61. The van der Waals surface area contributed by atoms with Crippen LogP contribution >= 0.6 is 0 Å². The van der Waals surface area contributed by atoms with Crippen molar-refractivity contribution < 1.29 is 9.90 Å². The second-order valence-corrected chi connectivity index (χ2v) is 8.08. The number of fused-ring (bicyclic) bond motifs is 1. The van der Waals surface area contributed by atoms with Gasteiger partial charge in [-0.3, -0.25) is 4.79 Å². The van der Waals surface area contributed by atoms with Crippen molar-refractivity contribution in [3.63, 3.8) is 0 Å². The topological polar surface area (TPSA) is 66.6 Å². The van der Waals surface area contributed by atoms with Crippen LogP contribution in [0.4, 0.5) is 0 Å². The summed E-state index contributed by atoms with van der Waals surface area (Å²) < 4.78 is 2.01. The van der Waals surface area contributed by atoms with E-state index in [0.717, 1.165) is 33.7 Å². The third-order valence-corrected chi connectivity index (χ3v) is 5.66. The molecule has 0 aliphatic heterocycles. The van der Waals surface area contributed by atoms with Crippen LogP contribution in [-0.2, 0) is 17.6 Å². The molecule has 5 nitrogen and oxygen atoms in total. The maximum atomic E-state index is 12.8. The van der Waals surface area contributed by atoms with Gasteiger partial charge in [-0.1, -0.05) is 24.3 Å². The van der Waals surface area contributed by atoms with Crippen LogP contribution in [0, 0.1) is 20.8 Å². The van der Waals surface area contributed by atoms with E-state index >= 15 is 0 Å². The molecule has 0 fully saturated rings. The summed E-state index contributed by atoms with van der Waals surface area (Å²) in [6.07, 6.45) is 2.95. The number of aromatic hydroxyl groups is 1. The summed E-state index contributed by atoms with van der Waals surface area (Å²) >= 11 is 0. The number of benzene rings is 2. The van der Waals surface area contributed by atoms with E-state index in [0.29, 0.717) is 13.0 Å². The Labute approximate surface area is 182 Å². The lowest BCUT2D eigenvalue weighted by Crippen LogP contribution is -2.27. The number of phenols is 1. The number of amides is 1. The fourth-order valence-corrected chi connectivity index (χ4v) is 3.71. The van der Waals surface area contributed by atoms with Gasteiger partial charge in [-0.25, -0.2) is 4.98 Å². The highest BCUT2D eigenvalue weighted by Crippen LogP contribution is 2.27. The number of carbonyl (C=O) groups is 1. The molecule has 2 N–H and O–H groups in total. The minimum atomic E-state index is -0.0359. The summed E-state index contributed by atoms with van der Waals surface area (Å²) in [6.45, 7) is 6.77. The number of rotatable bonds is 6. The summed E-state index contributed by atoms with van der Waals surface area (Å²) in [4.78, 5) is 17.6. The van der Waals surface area contributed by atoms with Gasteiger partial charge in [0.1, 0.15) is 11.4 Å². The van der Waals surface area contributed by atoms with Crippen molar-refractivity contribution in [1.29, 1.82) is 0 Å². The Kier molecular flexibility index (Phi) is 5.76. The number of phenolic OH excluding ortho intramolecular Hbond substituents is 1. The van der Waals surface area contributed by atoms with Gasteiger partial charge in [-0.2, -0.15) is 0 Å². The largest absolute Gasteiger partial charge is 0.508 e. The number of imidazole rings is 1. The smallest absolute Gasteiger partial charge is 0.226 e. The van der Waals surface area contributed by atoms with Crippen molar-refractivity contribution in [3.8, 4) is 17.0 Å². The lowest BCUT2D eigenvalue weighted by Gasteiger charge is -2.09. The maximum Gasteiger partial charge on any atom is 0.226 e. The van der Waals surface area contributed by atoms with Crippen LogP contribution in [0.15, 0.2) is 60.8 Å². The lowest BCUT2D eigenvalue weighted by atomic mass is 10.0. The first-order valence-electron chi connectivity index (χ1n) is 10.5. The summed E-state index contributed by atoms with van der Waals surface area (Å²) in [6, 6.07) is 17.4. The minimum absolute atomic E-state index is 0.0359. The fraction of sp³-hybridized carbons (Fsp3) is 0.231. The van der Waals surface area contributed by atoms with Crippen LogP contribution in [0.2, 0.25) is 0 Å². The fourth-order valence-electron chi connectivity index (χ4n) is 3.71. The van der Waals surface area contributed by atoms with Gasteiger partial charge in [0.2, 0.25) is 5.91 Å². The molecule has 2 heterocycles. The number of carbonyl (C=O) groups excluding carboxylic acids is 1. The Balaban J connectivity index is 1.57. The summed E-state index contributed by atoms with van der Waals surface area (Å²) in [7, 11) is 0.